The van der Waals surface area contributed by atoms with Gasteiger partial charge in [0.05, 0.1) is 5.69 Å². The summed E-state index contributed by atoms with van der Waals surface area (Å²) in [6, 6.07) is 7.50. The van der Waals surface area contributed by atoms with E-state index in [2.05, 4.69) is 15.3 Å². The van der Waals surface area contributed by atoms with Gasteiger partial charge in [0.2, 0.25) is 11.6 Å². The zero-order chi connectivity index (χ0) is 13.9. The maximum absolute atomic E-state index is 13.0. The molecule has 0 amide bonds. The Morgan fingerprint density at radius 1 is 1.20 bits per heavy atom. The minimum absolute atomic E-state index is 0.0695. The first-order valence-corrected chi connectivity index (χ1v) is 5.85. The van der Waals surface area contributed by atoms with E-state index in [1.807, 2.05) is 0 Å². The van der Waals surface area contributed by atoms with Gasteiger partial charge in [-0.1, -0.05) is 16.4 Å². The number of ether oxygens (including phenoxy) is 1. The molecule has 0 unspecified atom stereocenters. The molecule has 3 aromatic rings. The number of aromatic nitrogens is 3. The summed E-state index contributed by atoms with van der Waals surface area (Å²) < 4.78 is 28.4. The van der Waals surface area contributed by atoms with Gasteiger partial charge in [-0.05, 0) is 19.1 Å². The van der Waals surface area contributed by atoms with Gasteiger partial charge < -0.3 is 13.8 Å². The third kappa shape index (κ3) is 2.66. The molecular weight excluding hydrogens is 265 g/mol. The van der Waals surface area contributed by atoms with Crippen LogP contribution in [-0.2, 0) is 6.61 Å². The van der Waals surface area contributed by atoms with Gasteiger partial charge in [-0.2, -0.15) is 4.98 Å². The Morgan fingerprint density at radius 3 is 2.85 bits per heavy atom. The summed E-state index contributed by atoms with van der Waals surface area (Å²) in [6.07, 6.45) is 0. The summed E-state index contributed by atoms with van der Waals surface area (Å²) in [5.74, 6) is 0.981. The van der Waals surface area contributed by atoms with Crippen molar-refractivity contribution in [3.8, 4) is 17.4 Å². The number of hydrogen-bond donors (Lipinski definition) is 0. The molecule has 0 atom stereocenters. The predicted octanol–water partition coefficient (Wildman–Crippen LogP) is 2.75. The van der Waals surface area contributed by atoms with Gasteiger partial charge in [0, 0.05) is 12.1 Å². The van der Waals surface area contributed by atoms with Crippen LogP contribution in [0.4, 0.5) is 4.39 Å². The second kappa shape index (κ2) is 5.12. The summed E-state index contributed by atoms with van der Waals surface area (Å²) in [5, 5.41) is 7.48. The van der Waals surface area contributed by atoms with Crippen molar-refractivity contribution in [1.29, 1.82) is 0 Å². The monoisotopic (exact) mass is 275 g/mol. The molecule has 102 valence electrons. The van der Waals surface area contributed by atoms with Crippen molar-refractivity contribution < 1.29 is 18.2 Å². The van der Waals surface area contributed by atoms with E-state index in [1.54, 1.807) is 25.1 Å². The minimum atomic E-state index is -0.367. The Balaban J connectivity index is 1.68. The highest BCUT2D eigenvalue weighted by Gasteiger charge is 2.13. The molecule has 0 spiro atoms. The number of halogens is 1. The van der Waals surface area contributed by atoms with E-state index in [0.29, 0.717) is 17.3 Å². The maximum atomic E-state index is 13.0. The van der Waals surface area contributed by atoms with Crippen molar-refractivity contribution in [2.75, 3.05) is 0 Å². The van der Waals surface area contributed by atoms with Crippen molar-refractivity contribution in [1.82, 2.24) is 15.3 Å². The Bertz CT molecular complexity index is 723. The smallest absolute Gasteiger partial charge is 0.296 e. The normalized spacial score (nSPS) is 10.7. The number of rotatable bonds is 4. The third-order valence-corrected chi connectivity index (χ3v) is 2.47. The van der Waals surface area contributed by atoms with E-state index in [-0.39, 0.29) is 18.3 Å². The lowest BCUT2D eigenvalue weighted by atomic mass is 10.3. The lowest BCUT2D eigenvalue weighted by Crippen LogP contribution is -1.97. The van der Waals surface area contributed by atoms with Gasteiger partial charge in [-0.25, -0.2) is 4.39 Å². The third-order valence-electron chi connectivity index (χ3n) is 2.47. The molecule has 1 aromatic carbocycles. The van der Waals surface area contributed by atoms with E-state index >= 15 is 0 Å². The van der Waals surface area contributed by atoms with Crippen LogP contribution in [0, 0.1) is 12.7 Å². The van der Waals surface area contributed by atoms with Crippen LogP contribution in [0.5, 0.6) is 5.75 Å². The summed E-state index contributed by atoms with van der Waals surface area (Å²) >= 11 is 0. The van der Waals surface area contributed by atoms with Gasteiger partial charge >= 0.3 is 0 Å². The largest absolute Gasteiger partial charge is 0.485 e. The first-order chi connectivity index (χ1) is 9.70. The van der Waals surface area contributed by atoms with Gasteiger partial charge in [-0.3, -0.25) is 0 Å². The zero-order valence-electron chi connectivity index (χ0n) is 10.5. The molecule has 7 heteroatoms. The van der Waals surface area contributed by atoms with Crippen LogP contribution in [0.2, 0.25) is 0 Å². The number of aryl methyl sites for hydroxylation is 1. The highest BCUT2D eigenvalue weighted by Crippen LogP contribution is 2.18. The van der Waals surface area contributed by atoms with Crippen LogP contribution in [0.1, 0.15) is 11.5 Å². The van der Waals surface area contributed by atoms with Crippen molar-refractivity contribution in [3.05, 3.63) is 47.7 Å². The molecule has 0 bridgehead atoms. The molecule has 6 nitrogen and oxygen atoms in total. The van der Waals surface area contributed by atoms with Gasteiger partial charge in [-0.15, -0.1) is 0 Å². The van der Waals surface area contributed by atoms with Crippen LogP contribution < -0.4 is 4.74 Å². The zero-order valence-corrected chi connectivity index (χ0v) is 10.5. The highest BCUT2D eigenvalue weighted by molar-refractivity contribution is 5.43. The fraction of sp³-hybridized carbons (Fsp3) is 0.154. The number of benzene rings is 1. The van der Waals surface area contributed by atoms with Crippen LogP contribution >= 0.6 is 0 Å². The average Bonchev–Trinajstić information content (AvgIpc) is 3.05. The van der Waals surface area contributed by atoms with E-state index in [1.165, 1.54) is 12.1 Å². The molecular formula is C13H10FN3O3. The molecule has 2 aromatic heterocycles. The lowest BCUT2D eigenvalue weighted by molar-refractivity contribution is 0.285. The Hall–Kier alpha value is -2.70. The maximum Gasteiger partial charge on any atom is 0.296 e. The standard InChI is InChI=1S/C13H10FN3O3/c1-8-5-11(19-16-8)13-15-12(17-20-13)7-18-10-4-2-3-9(14)6-10/h2-6H,7H2,1H3. The van der Waals surface area contributed by atoms with Crippen LogP contribution in [0.25, 0.3) is 11.7 Å². The fourth-order valence-electron chi connectivity index (χ4n) is 1.58. The van der Waals surface area contributed by atoms with Crippen LogP contribution in [0.15, 0.2) is 39.4 Å². The average molecular weight is 275 g/mol. The van der Waals surface area contributed by atoms with E-state index < -0.39 is 0 Å². The first kappa shape index (κ1) is 12.3. The second-order valence-corrected chi connectivity index (χ2v) is 4.09. The van der Waals surface area contributed by atoms with Crippen molar-refractivity contribution in [3.63, 3.8) is 0 Å². The quantitative estimate of drug-likeness (QED) is 0.728. The molecule has 0 N–H and O–H groups in total. The molecule has 3 rings (SSSR count). The number of nitrogens with zero attached hydrogens (tertiary/aromatic N) is 3. The van der Waals surface area contributed by atoms with Crippen molar-refractivity contribution >= 4 is 0 Å². The molecule has 0 fully saturated rings. The molecule has 0 saturated heterocycles. The van der Waals surface area contributed by atoms with Gasteiger partial charge in [0.1, 0.15) is 11.6 Å². The molecule has 20 heavy (non-hydrogen) atoms. The Labute approximate surface area is 113 Å². The van der Waals surface area contributed by atoms with E-state index in [9.17, 15) is 4.39 Å². The van der Waals surface area contributed by atoms with Gasteiger partial charge in [0.25, 0.3) is 5.89 Å². The van der Waals surface area contributed by atoms with Crippen molar-refractivity contribution in [2.45, 2.75) is 13.5 Å². The molecule has 0 aliphatic rings. The van der Waals surface area contributed by atoms with Gasteiger partial charge in [0.15, 0.2) is 6.61 Å². The van der Waals surface area contributed by atoms with E-state index in [0.717, 1.165) is 5.69 Å². The minimum Gasteiger partial charge on any atom is -0.485 e. The molecule has 0 aliphatic heterocycles. The summed E-state index contributed by atoms with van der Waals surface area (Å²) in [4.78, 5) is 4.10. The molecule has 0 radical (unpaired) electrons. The van der Waals surface area contributed by atoms with E-state index in [4.69, 9.17) is 13.8 Å². The molecule has 0 saturated carbocycles. The summed E-state index contributed by atoms with van der Waals surface area (Å²) in [5.41, 5.74) is 0.718. The van der Waals surface area contributed by atoms with Crippen LogP contribution in [0.3, 0.4) is 0 Å². The second-order valence-electron chi connectivity index (χ2n) is 4.09. The lowest BCUT2D eigenvalue weighted by Gasteiger charge is -2.02. The SMILES string of the molecule is Cc1cc(-c2nc(COc3cccc(F)c3)no2)on1. The number of hydrogen-bond acceptors (Lipinski definition) is 6. The summed E-state index contributed by atoms with van der Waals surface area (Å²) in [7, 11) is 0. The summed E-state index contributed by atoms with van der Waals surface area (Å²) in [6.45, 7) is 1.86. The molecule has 2 heterocycles. The first-order valence-electron chi connectivity index (χ1n) is 5.85. The highest BCUT2D eigenvalue weighted by atomic mass is 19.1. The molecule has 0 aliphatic carbocycles. The Morgan fingerprint density at radius 2 is 2.10 bits per heavy atom. The topological polar surface area (TPSA) is 74.2 Å². The fourth-order valence-corrected chi connectivity index (χ4v) is 1.58. The Kier molecular flexibility index (Phi) is 3.16. The van der Waals surface area contributed by atoms with Crippen molar-refractivity contribution in [2.24, 2.45) is 0 Å². The van der Waals surface area contributed by atoms with Crippen LogP contribution in [-0.4, -0.2) is 15.3 Å². The predicted molar refractivity (Wildman–Crippen MR) is 65.3 cm³/mol.